The highest BCUT2D eigenvalue weighted by molar-refractivity contribution is 8.00. The van der Waals surface area contributed by atoms with E-state index in [9.17, 15) is 4.79 Å². The predicted octanol–water partition coefficient (Wildman–Crippen LogP) is 3.90. The van der Waals surface area contributed by atoms with Crippen LogP contribution in [0.2, 0.25) is 0 Å². The number of aromatic nitrogens is 1. The van der Waals surface area contributed by atoms with Gasteiger partial charge in [0.15, 0.2) is 0 Å². The zero-order chi connectivity index (χ0) is 14.4. The SMILES string of the molecule is CCC(Sc1ccccn1)C(=O)Nc1cccc(C)c1. The number of amides is 1. The van der Waals surface area contributed by atoms with Crippen LogP contribution in [0.15, 0.2) is 53.7 Å². The van der Waals surface area contributed by atoms with Gasteiger partial charge in [0.25, 0.3) is 0 Å². The van der Waals surface area contributed by atoms with Crippen LogP contribution < -0.4 is 5.32 Å². The maximum absolute atomic E-state index is 12.3. The van der Waals surface area contributed by atoms with Gasteiger partial charge in [-0.15, -0.1) is 0 Å². The van der Waals surface area contributed by atoms with Gasteiger partial charge in [0.05, 0.1) is 10.3 Å². The van der Waals surface area contributed by atoms with Crippen LogP contribution in [0.3, 0.4) is 0 Å². The summed E-state index contributed by atoms with van der Waals surface area (Å²) in [6.07, 6.45) is 2.51. The number of hydrogen-bond acceptors (Lipinski definition) is 3. The molecule has 0 spiro atoms. The van der Waals surface area contributed by atoms with Crippen molar-refractivity contribution in [2.24, 2.45) is 0 Å². The first-order valence-corrected chi connectivity index (χ1v) is 7.52. The number of nitrogens with one attached hydrogen (secondary N) is 1. The fraction of sp³-hybridized carbons (Fsp3) is 0.250. The van der Waals surface area contributed by atoms with Crippen LogP contribution in [-0.2, 0) is 4.79 Å². The molecule has 104 valence electrons. The first kappa shape index (κ1) is 14.6. The summed E-state index contributed by atoms with van der Waals surface area (Å²) >= 11 is 1.50. The van der Waals surface area contributed by atoms with Crippen LogP contribution in [0.25, 0.3) is 0 Å². The molecule has 0 aliphatic heterocycles. The fourth-order valence-corrected chi connectivity index (χ4v) is 2.73. The highest BCUT2D eigenvalue weighted by atomic mass is 32.2. The fourth-order valence-electron chi connectivity index (χ4n) is 1.83. The van der Waals surface area contributed by atoms with Crippen molar-refractivity contribution >= 4 is 23.4 Å². The molecule has 0 bridgehead atoms. The summed E-state index contributed by atoms with van der Waals surface area (Å²) in [6.45, 7) is 4.02. The number of anilines is 1. The molecule has 1 N–H and O–H groups in total. The van der Waals surface area contributed by atoms with Crippen LogP contribution >= 0.6 is 11.8 Å². The Kier molecular flexibility index (Phi) is 5.18. The third-order valence-electron chi connectivity index (χ3n) is 2.85. The summed E-state index contributed by atoms with van der Waals surface area (Å²) in [5.41, 5.74) is 1.98. The number of rotatable bonds is 5. The van der Waals surface area contributed by atoms with Crippen LogP contribution in [-0.4, -0.2) is 16.1 Å². The average molecular weight is 286 g/mol. The number of carbonyl (C=O) groups is 1. The van der Waals surface area contributed by atoms with E-state index in [1.807, 2.05) is 56.3 Å². The molecule has 2 rings (SSSR count). The Balaban J connectivity index is 2.02. The van der Waals surface area contributed by atoms with E-state index in [2.05, 4.69) is 10.3 Å². The molecule has 0 saturated heterocycles. The summed E-state index contributed by atoms with van der Waals surface area (Å²) in [6, 6.07) is 13.6. The Morgan fingerprint density at radius 3 is 2.80 bits per heavy atom. The van der Waals surface area contributed by atoms with Gasteiger partial charge in [-0.05, 0) is 43.2 Å². The Morgan fingerprint density at radius 1 is 1.30 bits per heavy atom. The maximum Gasteiger partial charge on any atom is 0.237 e. The largest absolute Gasteiger partial charge is 0.325 e. The lowest BCUT2D eigenvalue weighted by molar-refractivity contribution is -0.115. The standard InChI is InChI=1S/C16H18N2OS/c1-3-14(20-15-9-4-5-10-17-15)16(19)18-13-8-6-7-12(2)11-13/h4-11,14H,3H2,1-2H3,(H,18,19). The van der Waals surface area contributed by atoms with Crippen molar-refractivity contribution in [3.05, 3.63) is 54.2 Å². The van der Waals surface area contributed by atoms with Gasteiger partial charge < -0.3 is 5.32 Å². The molecule has 1 aromatic heterocycles. The molecule has 2 aromatic rings. The monoisotopic (exact) mass is 286 g/mol. The zero-order valence-electron chi connectivity index (χ0n) is 11.7. The van der Waals surface area contributed by atoms with Crippen molar-refractivity contribution in [3.63, 3.8) is 0 Å². The molecule has 1 unspecified atom stereocenters. The van der Waals surface area contributed by atoms with Crippen molar-refractivity contribution in [2.45, 2.75) is 30.5 Å². The lowest BCUT2D eigenvalue weighted by Gasteiger charge is -2.14. The summed E-state index contributed by atoms with van der Waals surface area (Å²) in [5.74, 6) is 0.0220. The van der Waals surface area contributed by atoms with Crippen molar-refractivity contribution in [3.8, 4) is 0 Å². The molecule has 1 atom stereocenters. The number of benzene rings is 1. The third-order valence-corrected chi connectivity index (χ3v) is 4.16. The topological polar surface area (TPSA) is 42.0 Å². The number of aryl methyl sites for hydroxylation is 1. The molecule has 20 heavy (non-hydrogen) atoms. The van der Waals surface area contributed by atoms with Crippen LogP contribution in [0, 0.1) is 6.92 Å². The lowest BCUT2D eigenvalue weighted by Crippen LogP contribution is -2.24. The number of carbonyl (C=O) groups excluding carboxylic acids is 1. The first-order chi connectivity index (χ1) is 9.69. The molecule has 0 aliphatic carbocycles. The number of thioether (sulfide) groups is 1. The Bertz CT molecular complexity index is 572. The van der Waals surface area contributed by atoms with E-state index in [0.717, 1.165) is 22.7 Å². The minimum absolute atomic E-state index is 0.0220. The van der Waals surface area contributed by atoms with Crippen LogP contribution in [0.4, 0.5) is 5.69 Å². The maximum atomic E-state index is 12.3. The quantitative estimate of drug-likeness (QED) is 0.848. The molecule has 1 amide bonds. The van der Waals surface area contributed by atoms with Gasteiger partial charge in [0, 0.05) is 11.9 Å². The Labute approximate surface area is 123 Å². The van der Waals surface area contributed by atoms with Crippen LogP contribution in [0.1, 0.15) is 18.9 Å². The summed E-state index contributed by atoms with van der Waals surface area (Å²) in [5, 5.41) is 3.71. The van der Waals surface area contributed by atoms with Gasteiger partial charge >= 0.3 is 0 Å². The van der Waals surface area contributed by atoms with E-state index in [-0.39, 0.29) is 11.2 Å². The number of hydrogen-bond donors (Lipinski definition) is 1. The number of pyridine rings is 1. The molecular weight excluding hydrogens is 268 g/mol. The van der Waals surface area contributed by atoms with Gasteiger partial charge in [-0.3, -0.25) is 4.79 Å². The second kappa shape index (κ2) is 7.10. The molecule has 4 heteroatoms. The molecule has 0 radical (unpaired) electrons. The minimum Gasteiger partial charge on any atom is -0.325 e. The zero-order valence-corrected chi connectivity index (χ0v) is 12.5. The normalized spacial score (nSPS) is 11.9. The second-order valence-corrected chi connectivity index (χ2v) is 5.76. The van der Waals surface area contributed by atoms with Crippen molar-refractivity contribution in [2.75, 3.05) is 5.32 Å². The molecule has 1 heterocycles. The smallest absolute Gasteiger partial charge is 0.237 e. The second-order valence-electron chi connectivity index (χ2n) is 4.54. The lowest BCUT2D eigenvalue weighted by atomic mass is 10.2. The molecule has 0 saturated carbocycles. The van der Waals surface area contributed by atoms with Crippen molar-refractivity contribution in [1.29, 1.82) is 0 Å². The molecular formula is C16H18N2OS. The Hall–Kier alpha value is -1.81. The van der Waals surface area contributed by atoms with E-state index in [0.29, 0.717) is 0 Å². The predicted molar refractivity (Wildman–Crippen MR) is 84.0 cm³/mol. The molecule has 0 aliphatic rings. The van der Waals surface area contributed by atoms with Gasteiger partial charge in [0.1, 0.15) is 0 Å². The van der Waals surface area contributed by atoms with Gasteiger partial charge in [-0.25, -0.2) is 4.98 Å². The molecule has 0 fully saturated rings. The van der Waals surface area contributed by atoms with Crippen molar-refractivity contribution in [1.82, 2.24) is 4.98 Å². The third kappa shape index (κ3) is 4.10. The average Bonchev–Trinajstić information content (AvgIpc) is 2.45. The van der Waals surface area contributed by atoms with E-state index in [1.54, 1.807) is 6.20 Å². The molecule has 3 nitrogen and oxygen atoms in total. The highest BCUT2D eigenvalue weighted by Gasteiger charge is 2.18. The molecule has 1 aromatic carbocycles. The van der Waals surface area contributed by atoms with E-state index < -0.39 is 0 Å². The Morgan fingerprint density at radius 2 is 2.15 bits per heavy atom. The number of nitrogens with zero attached hydrogens (tertiary/aromatic N) is 1. The summed E-state index contributed by atoms with van der Waals surface area (Å²) < 4.78 is 0. The van der Waals surface area contributed by atoms with Crippen molar-refractivity contribution < 1.29 is 4.79 Å². The summed E-state index contributed by atoms with van der Waals surface area (Å²) in [4.78, 5) is 16.6. The van der Waals surface area contributed by atoms with Gasteiger partial charge in [0.2, 0.25) is 5.91 Å². The van der Waals surface area contributed by atoms with E-state index >= 15 is 0 Å². The van der Waals surface area contributed by atoms with E-state index in [4.69, 9.17) is 0 Å². The summed E-state index contributed by atoms with van der Waals surface area (Å²) in [7, 11) is 0. The van der Waals surface area contributed by atoms with Gasteiger partial charge in [-0.1, -0.05) is 36.9 Å². The van der Waals surface area contributed by atoms with Gasteiger partial charge in [-0.2, -0.15) is 0 Å². The highest BCUT2D eigenvalue weighted by Crippen LogP contribution is 2.24. The minimum atomic E-state index is -0.134. The first-order valence-electron chi connectivity index (χ1n) is 6.64. The van der Waals surface area contributed by atoms with E-state index in [1.165, 1.54) is 11.8 Å². The van der Waals surface area contributed by atoms with Crippen LogP contribution in [0.5, 0.6) is 0 Å².